The molecule has 0 aliphatic rings. The second kappa shape index (κ2) is 6.18. The number of aromatic nitrogens is 1. The number of nitrogens with two attached hydrogens (primary N) is 1. The molecule has 0 atom stereocenters. The highest BCUT2D eigenvalue weighted by atomic mass is 16.4. The molecular weight excluding hydrogens is 240 g/mol. The molecule has 1 aromatic rings. The summed E-state index contributed by atoms with van der Waals surface area (Å²) in [7, 11) is 0. The Balaban J connectivity index is 2.46. The van der Waals surface area contributed by atoms with Crippen LogP contribution in [0.25, 0.3) is 0 Å². The Kier molecular flexibility index (Phi) is 4.61. The second-order valence-electron chi connectivity index (χ2n) is 3.28. The molecule has 0 aromatic carbocycles. The maximum Gasteiger partial charge on any atom is 0.337 e. The summed E-state index contributed by atoms with van der Waals surface area (Å²) in [4.78, 5) is 36.1. The molecule has 0 aliphatic heterocycles. The first kappa shape index (κ1) is 13.4. The highest BCUT2D eigenvalue weighted by molar-refractivity contribution is 5.93. The smallest absolute Gasteiger partial charge is 0.337 e. The predicted octanol–water partition coefficient (Wildman–Crippen LogP) is -0.822. The SMILES string of the molecule is NC(=O)NCCNC(=O)c1ccc(C(=O)O)cn1. The zero-order chi connectivity index (χ0) is 13.5. The summed E-state index contributed by atoms with van der Waals surface area (Å²) in [5.41, 5.74) is 4.93. The van der Waals surface area contributed by atoms with Gasteiger partial charge in [-0.1, -0.05) is 0 Å². The zero-order valence-corrected chi connectivity index (χ0v) is 9.34. The van der Waals surface area contributed by atoms with Crippen LogP contribution in [0.2, 0.25) is 0 Å². The summed E-state index contributed by atoms with van der Waals surface area (Å²) in [6.45, 7) is 0.401. The van der Waals surface area contributed by atoms with Gasteiger partial charge in [0.15, 0.2) is 0 Å². The standard InChI is InChI=1S/C10H12N4O4/c11-10(18)13-4-3-12-8(15)7-2-1-6(5-14-7)9(16)17/h1-2,5H,3-4H2,(H,12,15)(H,16,17)(H3,11,13,18). The molecule has 0 saturated carbocycles. The lowest BCUT2D eigenvalue weighted by molar-refractivity contribution is 0.0695. The Morgan fingerprint density at radius 2 is 1.89 bits per heavy atom. The molecule has 8 heteroatoms. The van der Waals surface area contributed by atoms with Crippen molar-refractivity contribution in [2.24, 2.45) is 5.73 Å². The molecule has 0 spiro atoms. The van der Waals surface area contributed by atoms with E-state index in [2.05, 4.69) is 15.6 Å². The predicted molar refractivity (Wildman–Crippen MR) is 61.1 cm³/mol. The van der Waals surface area contributed by atoms with Crippen LogP contribution in [-0.4, -0.2) is 41.1 Å². The van der Waals surface area contributed by atoms with Gasteiger partial charge >= 0.3 is 12.0 Å². The summed E-state index contributed by atoms with van der Waals surface area (Å²) in [6, 6.07) is 1.92. The molecule has 3 amide bonds. The molecule has 18 heavy (non-hydrogen) atoms. The minimum Gasteiger partial charge on any atom is -0.478 e. The van der Waals surface area contributed by atoms with Gasteiger partial charge in [-0.25, -0.2) is 9.59 Å². The van der Waals surface area contributed by atoms with Crippen LogP contribution in [0, 0.1) is 0 Å². The monoisotopic (exact) mass is 252 g/mol. The molecule has 5 N–H and O–H groups in total. The highest BCUT2D eigenvalue weighted by Crippen LogP contribution is 2.00. The Hall–Kier alpha value is -2.64. The van der Waals surface area contributed by atoms with E-state index >= 15 is 0 Å². The van der Waals surface area contributed by atoms with Crippen molar-refractivity contribution in [2.75, 3.05) is 13.1 Å². The maximum absolute atomic E-state index is 11.5. The number of nitrogens with one attached hydrogen (secondary N) is 2. The van der Waals surface area contributed by atoms with Crippen LogP contribution in [0.15, 0.2) is 18.3 Å². The molecule has 8 nitrogen and oxygen atoms in total. The van der Waals surface area contributed by atoms with Crippen LogP contribution in [0.3, 0.4) is 0 Å². The van der Waals surface area contributed by atoms with Crippen LogP contribution in [0.5, 0.6) is 0 Å². The van der Waals surface area contributed by atoms with Gasteiger partial charge in [-0.15, -0.1) is 0 Å². The molecule has 0 fully saturated rings. The number of carbonyl (C=O) groups is 3. The zero-order valence-electron chi connectivity index (χ0n) is 9.34. The van der Waals surface area contributed by atoms with Gasteiger partial charge in [-0.05, 0) is 12.1 Å². The van der Waals surface area contributed by atoms with Gasteiger partial charge in [0.25, 0.3) is 5.91 Å². The number of urea groups is 1. The largest absolute Gasteiger partial charge is 0.478 e. The number of nitrogens with zero attached hydrogens (tertiary/aromatic N) is 1. The number of carbonyl (C=O) groups excluding carboxylic acids is 2. The fraction of sp³-hybridized carbons (Fsp3) is 0.200. The first-order valence-corrected chi connectivity index (χ1v) is 5.01. The molecule has 0 unspecified atom stereocenters. The molecule has 0 bridgehead atoms. The summed E-state index contributed by atoms with van der Waals surface area (Å²) in [5.74, 6) is -1.57. The average molecular weight is 252 g/mol. The summed E-state index contributed by atoms with van der Waals surface area (Å²) >= 11 is 0. The summed E-state index contributed by atoms with van der Waals surface area (Å²) in [5, 5.41) is 13.4. The summed E-state index contributed by atoms with van der Waals surface area (Å²) in [6.07, 6.45) is 1.10. The molecule has 1 heterocycles. The first-order valence-electron chi connectivity index (χ1n) is 5.01. The minimum absolute atomic E-state index is 0.00180. The van der Waals surface area contributed by atoms with Gasteiger partial charge in [0, 0.05) is 19.3 Å². The van der Waals surface area contributed by atoms with E-state index in [1.807, 2.05) is 0 Å². The topological polar surface area (TPSA) is 134 Å². The fourth-order valence-corrected chi connectivity index (χ4v) is 1.11. The van der Waals surface area contributed by atoms with Crippen LogP contribution >= 0.6 is 0 Å². The number of hydrogen-bond donors (Lipinski definition) is 4. The van der Waals surface area contributed by atoms with Crippen LogP contribution in [0.1, 0.15) is 20.8 Å². The van der Waals surface area contributed by atoms with Crippen molar-refractivity contribution < 1.29 is 19.5 Å². The Bertz CT molecular complexity index is 457. The van der Waals surface area contributed by atoms with E-state index in [1.165, 1.54) is 12.1 Å². The third kappa shape index (κ3) is 4.08. The molecular formula is C10H12N4O4. The van der Waals surface area contributed by atoms with Gasteiger partial charge < -0.3 is 21.5 Å². The van der Waals surface area contributed by atoms with Crippen molar-refractivity contribution >= 4 is 17.9 Å². The Labute approximate surface area is 102 Å². The molecule has 0 radical (unpaired) electrons. The Morgan fingerprint density at radius 1 is 1.22 bits per heavy atom. The molecule has 0 saturated heterocycles. The number of carboxylic acid groups (broad SMARTS) is 1. The molecule has 0 aliphatic carbocycles. The van der Waals surface area contributed by atoms with Gasteiger partial charge in [0.2, 0.25) is 0 Å². The van der Waals surface area contributed by atoms with E-state index < -0.39 is 17.9 Å². The average Bonchev–Trinajstić information content (AvgIpc) is 2.34. The number of rotatable bonds is 5. The van der Waals surface area contributed by atoms with Crippen LogP contribution in [0.4, 0.5) is 4.79 Å². The lowest BCUT2D eigenvalue weighted by Crippen LogP contribution is -2.37. The van der Waals surface area contributed by atoms with E-state index in [-0.39, 0.29) is 24.3 Å². The number of primary amides is 1. The molecule has 1 rings (SSSR count). The van der Waals surface area contributed by atoms with Crippen molar-refractivity contribution in [2.45, 2.75) is 0 Å². The normalized spacial score (nSPS) is 9.56. The fourth-order valence-electron chi connectivity index (χ4n) is 1.11. The number of hydrogen-bond acceptors (Lipinski definition) is 4. The van der Waals surface area contributed by atoms with Crippen LogP contribution in [-0.2, 0) is 0 Å². The first-order chi connectivity index (χ1) is 8.50. The lowest BCUT2D eigenvalue weighted by Gasteiger charge is -2.05. The van der Waals surface area contributed by atoms with Crippen molar-refractivity contribution in [3.8, 4) is 0 Å². The number of amides is 3. The van der Waals surface area contributed by atoms with Gasteiger partial charge in [-0.2, -0.15) is 0 Å². The van der Waals surface area contributed by atoms with Crippen molar-refractivity contribution in [3.63, 3.8) is 0 Å². The number of pyridine rings is 1. The van der Waals surface area contributed by atoms with Gasteiger partial charge in [0.1, 0.15) is 5.69 Å². The third-order valence-corrected chi connectivity index (χ3v) is 1.95. The number of aromatic carboxylic acids is 1. The lowest BCUT2D eigenvalue weighted by atomic mass is 10.2. The van der Waals surface area contributed by atoms with Gasteiger partial charge in [0.05, 0.1) is 5.56 Å². The number of carboxylic acids is 1. The van der Waals surface area contributed by atoms with E-state index in [1.54, 1.807) is 0 Å². The minimum atomic E-state index is -1.11. The second-order valence-corrected chi connectivity index (χ2v) is 3.28. The maximum atomic E-state index is 11.5. The molecule has 96 valence electrons. The van der Waals surface area contributed by atoms with Crippen molar-refractivity contribution in [3.05, 3.63) is 29.6 Å². The summed E-state index contributed by atoms with van der Waals surface area (Å²) < 4.78 is 0. The van der Waals surface area contributed by atoms with E-state index in [0.29, 0.717) is 0 Å². The van der Waals surface area contributed by atoms with E-state index in [4.69, 9.17) is 10.8 Å². The highest BCUT2D eigenvalue weighted by Gasteiger charge is 2.08. The third-order valence-electron chi connectivity index (χ3n) is 1.95. The van der Waals surface area contributed by atoms with E-state index in [9.17, 15) is 14.4 Å². The van der Waals surface area contributed by atoms with Crippen molar-refractivity contribution in [1.29, 1.82) is 0 Å². The Morgan fingerprint density at radius 3 is 2.39 bits per heavy atom. The van der Waals surface area contributed by atoms with Crippen LogP contribution < -0.4 is 16.4 Å². The quantitative estimate of drug-likeness (QED) is 0.508. The van der Waals surface area contributed by atoms with Crippen molar-refractivity contribution in [1.82, 2.24) is 15.6 Å². The molecule has 1 aromatic heterocycles. The van der Waals surface area contributed by atoms with E-state index in [0.717, 1.165) is 6.20 Å². The van der Waals surface area contributed by atoms with Gasteiger partial charge in [-0.3, -0.25) is 9.78 Å².